The molecule has 0 saturated carbocycles. The van der Waals surface area contributed by atoms with E-state index in [0.29, 0.717) is 37.4 Å². The Hall–Kier alpha value is -1.40. The summed E-state index contributed by atoms with van der Waals surface area (Å²) in [5, 5.41) is 13.2. The lowest BCUT2D eigenvalue weighted by Crippen LogP contribution is -2.39. The number of aliphatic hydroxyl groups excluding tert-OH is 1. The van der Waals surface area contributed by atoms with Gasteiger partial charge in [-0.15, -0.1) is 6.58 Å². The van der Waals surface area contributed by atoms with Crippen molar-refractivity contribution < 1.29 is 9.90 Å². The molecule has 98 valence electrons. The number of carbonyl (C=O) groups is 1. The van der Waals surface area contributed by atoms with Gasteiger partial charge in [-0.2, -0.15) is 0 Å². The summed E-state index contributed by atoms with van der Waals surface area (Å²) in [6.45, 7) is 5.49. The Balaban J connectivity index is 1.96. The SMILES string of the molecule is C=CCNc1ncc(C(=O)N2CCC(O)CC2)s1. The van der Waals surface area contributed by atoms with Gasteiger partial charge < -0.3 is 15.3 Å². The van der Waals surface area contributed by atoms with Gasteiger partial charge in [0.1, 0.15) is 4.88 Å². The van der Waals surface area contributed by atoms with Gasteiger partial charge in [0.2, 0.25) is 0 Å². The monoisotopic (exact) mass is 267 g/mol. The molecule has 0 aliphatic carbocycles. The van der Waals surface area contributed by atoms with Crippen LogP contribution in [0.15, 0.2) is 18.9 Å². The van der Waals surface area contributed by atoms with E-state index in [4.69, 9.17) is 0 Å². The molecule has 1 fully saturated rings. The fourth-order valence-corrected chi connectivity index (χ4v) is 2.63. The van der Waals surface area contributed by atoms with Gasteiger partial charge in [0.05, 0.1) is 12.3 Å². The number of piperidine rings is 1. The minimum atomic E-state index is -0.264. The second-order valence-electron chi connectivity index (χ2n) is 4.22. The maximum absolute atomic E-state index is 12.2. The number of hydrogen-bond acceptors (Lipinski definition) is 5. The Labute approximate surface area is 110 Å². The molecule has 2 heterocycles. The first kappa shape index (κ1) is 13.0. The maximum Gasteiger partial charge on any atom is 0.265 e. The molecule has 0 unspecified atom stereocenters. The molecule has 0 bridgehead atoms. The molecule has 5 nitrogen and oxygen atoms in total. The van der Waals surface area contributed by atoms with Crippen molar-refractivity contribution in [3.05, 3.63) is 23.7 Å². The van der Waals surface area contributed by atoms with Crippen LogP contribution in [0, 0.1) is 0 Å². The summed E-state index contributed by atoms with van der Waals surface area (Å²) in [5.41, 5.74) is 0. The number of likely N-dealkylation sites (tertiary alicyclic amines) is 1. The summed E-state index contributed by atoms with van der Waals surface area (Å²) in [6.07, 6.45) is 4.40. The molecule has 0 radical (unpaired) electrons. The molecular weight excluding hydrogens is 250 g/mol. The Kier molecular flexibility index (Phi) is 4.33. The summed E-state index contributed by atoms with van der Waals surface area (Å²) in [5.74, 6) is 0.00560. The average Bonchev–Trinajstić information content (AvgIpc) is 2.85. The highest BCUT2D eigenvalue weighted by Crippen LogP contribution is 2.21. The fourth-order valence-electron chi connectivity index (χ4n) is 1.84. The molecule has 0 spiro atoms. The molecule has 0 atom stereocenters. The molecule has 2 rings (SSSR count). The molecule has 1 amide bonds. The zero-order chi connectivity index (χ0) is 13.0. The molecule has 2 N–H and O–H groups in total. The second kappa shape index (κ2) is 5.97. The number of amides is 1. The van der Waals surface area contributed by atoms with E-state index in [2.05, 4.69) is 16.9 Å². The number of nitrogens with zero attached hydrogens (tertiary/aromatic N) is 2. The standard InChI is InChI=1S/C12H17N3O2S/c1-2-5-13-12-14-8-10(18-12)11(17)15-6-3-9(16)4-7-15/h2,8-9,16H,1,3-7H2,(H,13,14). The van der Waals surface area contributed by atoms with Crippen molar-refractivity contribution in [1.82, 2.24) is 9.88 Å². The molecule has 6 heteroatoms. The van der Waals surface area contributed by atoms with Crippen LogP contribution in [-0.2, 0) is 0 Å². The Morgan fingerprint density at radius 3 is 3.06 bits per heavy atom. The lowest BCUT2D eigenvalue weighted by atomic mass is 10.1. The van der Waals surface area contributed by atoms with Gasteiger partial charge in [0.25, 0.3) is 5.91 Å². The number of nitrogens with one attached hydrogen (secondary N) is 1. The van der Waals surface area contributed by atoms with Gasteiger partial charge in [0, 0.05) is 19.6 Å². The van der Waals surface area contributed by atoms with Crippen molar-refractivity contribution in [2.45, 2.75) is 18.9 Å². The minimum Gasteiger partial charge on any atom is -0.393 e. The van der Waals surface area contributed by atoms with Crippen LogP contribution < -0.4 is 5.32 Å². The van der Waals surface area contributed by atoms with E-state index >= 15 is 0 Å². The number of aromatic nitrogens is 1. The Morgan fingerprint density at radius 2 is 2.39 bits per heavy atom. The van der Waals surface area contributed by atoms with Crippen LogP contribution in [0.4, 0.5) is 5.13 Å². The van der Waals surface area contributed by atoms with E-state index in [0.717, 1.165) is 5.13 Å². The summed E-state index contributed by atoms with van der Waals surface area (Å²) in [6, 6.07) is 0. The van der Waals surface area contributed by atoms with Crippen LogP contribution in [0.5, 0.6) is 0 Å². The topological polar surface area (TPSA) is 65.5 Å². The third-order valence-electron chi connectivity index (χ3n) is 2.87. The van der Waals surface area contributed by atoms with Gasteiger partial charge in [-0.3, -0.25) is 4.79 Å². The normalized spacial score (nSPS) is 16.6. The largest absolute Gasteiger partial charge is 0.393 e. The van der Waals surface area contributed by atoms with Crippen molar-refractivity contribution in [1.29, 1.82) is 0 Å². The van der Waals surface area contributed by atoms with Gasteiger partial charge >= 0.3 is 0 Å². The third-order valence-corrected chi connectivity index (χ3v) is 3.81. The van der Waals surface area contributed by atoms with Crippen molar-refractivity contribution in [3.8, 4) is 0 Å². The number of hydrogen-bond donors (Lipinski definition) is 2. The first-order valence-electron chi connectivity index (χ1n) is 5.98. The van der Waals surface area contributed by atoms with Gasteiger partial charge in [0.15, 0.2) is 5.13 Å². The zero-order valence-corrected chi connectivity index (χ0v) is 10.9. The molecule has 1 aliphatic heterocycles. The molecule has 0 aromatic carbocycles. The average molecular weight is 267 g/mol. The lowest BCUT2D eigenvalue weighted by Gasteiger charge is -2.29. The van der Waals surface area contributed by atoms with Crippen molar-refractivity contribution in [2.75, 3.05) is 25.0 Å². The van der Waals surface area contributed by atoms with Gasteiger partial charge in [-0.25, -0.2) is 4.98 Å². The van der Waals surface area contributed by atoms with E-state index in [1.165, 1.54) is 11.3 Å². The van der Waals surface area contributed by atoms with E-state index in [9.17, 15) is 9.90 Å². The Bertz CT molecular complexity index is 425. The smallest absolute Gasteiger partial charge is 0.265 e. The number of rotatable bonds is 4. The van der Waals surface area contributed by atoms with Crippen molar-refractivity contribution in [3.63, 3.8) is 0 Å². The molecule has 18 heavy (non-hydrogen) atoms. The third kappa shape index (κ3) is 3.08. The summed E-state index contributed by atoms with van der Waals surface area (Å²) >= 11 is 1.35. The molecule has 1 aliphatic rings. The van der Waals surface area contributed by atoms with Crippen LogP contribution in [0.1, 0.15) is 22.5 Å². The highest BCUT2D eigenvalue weighted by atomic mass is 32.1. The summed E-state index contributed by atoms with van der Waals surface area (Å²) in [7, 11) is 0. The van der Waals surface area contributed by atoms with E-state index in [-0.39, 0.29) is 12.0 Å². The molecule has 1 saturated heterocycles. The fraction of sp³-hybridized carbons (Fsp3) is 0.500. The van der Waals surface area contributed by atoms with Gasteiger partial charge in [-0.1, -0.05) is 17.4 Å². The maximum atomic E-state index is 12.2. The van der Waals surface area contributed by atoms with Gasteiger partial charge in [-0.05, 0) is 12.8 Å². The van der Waals surface area contributed by atoms with Crippen LogP contribution in [0.3, 0.4) is 0 Å². The summed E-state index contributed by atoms with van der Waals surface area (Å²) in [4.78, 5) is 18.7. The second-order valence-corrected chi connectivity index (χ2v) is 5.25. The van der Waals surface area contributed by atoms with Crippen molar-refractivity contribution >= 4 is 22.4 Å². The van der Waals surface area contributed by atoms with E-state index < -0.39 is 0 Å². The van der Waals surface area contributed by atoms with E-state index in [1.54, 1.807) is 17.2 Å². The number of carbonyl (C=O) groups excluding carboxylic acids is 1. The quantitative estimate of drug-likeness (QED) is 0.808. The molecule has 1 aromatic rings. The van der Waals surface area contributed by atoms with Crippen LogP contribution in [0.25, 0.3) is 0 Å². The van der Waals surface area contributed by atoms with Crippen LogP contribution in [0.2, 0.25) is 0 Å². The lowest BCUT2D eigenvalue weighted by molar-refractivity contribution is 0.0550. The number of thiazole rings is 1. The Morgan fingerprint density at radius 1 is 1.67 bits per heavy atom. The predicted molar refractivity (Wildman–Crippen MR) is 71.9 cm³/mol. The van der Waals surface area contributed by atoms with Crippen molar-refractivity contribution in [2.24, 2.45) is 0 Å². The van der Waals surface area contributed by atoms with Crippen LogP contribution >= 0.6 is 11.3 Å². The summed E-state index contributed by atoms with van der Waals surface area (Å²) < 4.78 is 0. The van der Waals surface area contributed by atoms with Crippen LogP contribution in [-0.4, -0.2) is 46.6 Å². The first-order valence-corrected chi connectivity index (χ1v) is 6.80. The predicted octanol–water partition coefficient (Wildman–Crippen LogP) is 1.34. The highest BCUT2D eigenvalue weighted by Gasteiger charge is 2.23. The van der Waals surface area contributed by atoms with E-state index in [1.807, 2.05) is 0 Å². The molecule has 1 aromatic heterocycles. The minimum absolute atomic E-state index is 0.00560. The highest BCUT2D eigenvalue weighted by molar-refractivity contribution is 7.17. The first-order chi connectivity index (χ1) is 8.70. The molecular formula is C12H17N3O2S. The zero-order valence-electron chi connectivity index (χ0n) is 10.1. The number of aliphatic hydroxyl groups is 1. The number of anilines is 1.